The summed E-state index contributed by atoms with van der Waals surface area (Å²) in [5, 5.41) is 0.930. The van der Waals surface area contributed by atoms with Gasteiger partial charge in [-0.15, -0.1) is 11.3 Å². The highest BCUT2D eigenvalue weighted by Crippen LogP contribution is 2.33. The number of thiazole rings is 1. The second-order valence-corrected chi connectivity index (χ2v) is 5.31. The third-order valence-electron chi connectivity index (χ3n) is 2.57. The third-order valence-corrected chi connectivity index (χ3v) is 4.02. The molecule has 3 nitrogen and oxygen atoms in total. The van der Waals surface area contributed by atoms with Crippen LogP contribution in [0.3, 0.4) is 0 Å². The number of hydrogen-bond acceptors (Lipinski definition) is 4. The first-order chi connectivity index (χ1) is 8.52. The number of carbonyl (C=O) groups excluding carboxylic acids is 1. The number of aryl methyl sites for hydroxylation is 2. The van der Waals surface area contributed by atoms with Crippen LogP contribution in [0.5, 0.6) is 0 Å². The number of hydrogen-bond donors (Lipinski definition) is 0. The Kier molecular flexibility index (Phi) is 3.68. The molecule has 0 aliphatic rings. The van der Waals surface area contributed by atoms with Gasteiger partial charge in [0.15, 0.2) is 10.0 Å². The zero-order chi connectivity index (χ0) is 13.3. The largest absolute Gasteiger partial charge is 0.465 e. The van der Waals surface area contributed by atoms with E-state index in [1.807, 2.05) is 26.0 Å². The van der Waals surface area contributed by atoms with E-state index in [4.69, 9.17) is 11.6 Å². The van der Waals surface area contributed by atoms with Crippen molar-refractivity contribution in [3.05, 3.63) is 39.4 Å². The number of carbonyl (C=O) groups is 1. The predicted molar refractivity (Wildman–Crippen MR) is 73.4 cm³/mol. The van der Waals surface area contributed by atoms with Crippen LogP contribution in [0, 0.1) is 13.8 Å². The van der Waals surface area contributed by atoms with Gasteiger partial charge in [-0.05, 0) is 19.4 Å². The molecule has 0 N–H and O–H groups in total. The van der Waals surface area contributed by atoms with Crippen LogP contribution in [-0.2, 0) is 4.74 Å². The summed E-state index contributed by atoms with van der Waals surface area (Å²) < 4.78 is 4.66. The van der Waals surface area contributed by atoms with Crippen LogP contribution in [-0.4, -0.2) is 18.1 Å². The summed E-state index contributed by atoms with van der Waals surface area (Å²) >= 11 is 7.20. The molecule has 0 saturated carbocycles. The van der Waals surface area contributed by atoms with Crippen molar-refractivity contribution in [2.45, 2.75) is 13.8 Å². The van der Waals surface area contributed by atoms with E-state index < -0.39 is 5.97 Å². The molecule has 0 aliphatic carbocycles. The molecule has 2 aromatic rings. The molecule has 0 atom stereocenters. The molecule has 1 aromatic heterocycles. The summed E-state index contributed by atoms with van der Waals surface area (Å²) in [4.78, 5) is 16.0. The zero-order valence-electron chi connectivity index (χ0n) is 10.3. The molecule has 5 heteroatoms. The molecule has 0 aliphatic heterocycles. The second-order valence-electron chi connectivity index (χ2n) is 3.95. The fraction of sp³-hybridized carbons (Fsp3) is 0.231. The lowest BCUT2D eigenvalue weighted by Gasteiger charge is -2.02. The molecule has 0 saturated heterocycles. The Morgan fingerprint density at radius 2 is 2.11 bits per heavy atom. The summed E-state index contributed by atoms with van der Waals surface area (Å²) in [7, 11) is 1.33. The number of ether oxygens (including phenoxy) is 1. The maximum absolute atomic E-state index is 11.5. The van der Waals surface area contributed by atoms with Crippen molar-refractivity contribution in [3.8, 4) is 10.6 Å². The molecule has 2 rings (SSSR count). The Labute approximate surface area is 114 Å². The monoisotopic (exact) mass is 281 g/mol. The van der Waals surface area contributed by atoms with Crippen molar-refractivity contribution < 1.29 is 9.53 Å². The van der Waals surface area contributed by atoms with E-state index in [2.05, 4.69) is 15.8 Å². The van der Waals surface area contributed by atoms with E-state index in [1.54, 1.807) is 0 Å². The van der Waals surface area contributed by atoms with E-state index >= 15 is 0 Å². The van der Waals surface area contributed by atoms with E-state index in [-0.39, 0.29) is 5.15 Å². The summed E-state index contributed by atoms with van der Waals surface area (Å²) in [5.74, 6) is -0.450. The van der Waals surface area contributed by atoms with Gasteiger partial charge in [-0.1, -0.05) is 35.4 Å². The maximum atomic E-state index is 11.5. The molecular weight excluding hydrogens is 270 g/mol. The lowest BCUT2D eigenvalue weighted by molar-refractivity contribution is 0.0606. The van der Waals surface area contributed by atoms with E-state index in [1.165, 1.54) is 24.0 Å². The van der Waals surface area contributed by atoms with Gasteiger partial charge in [0.25, 0.3) is 0 Å². The van der Waals surface area contributed by atoms with Crippen molar-refractivity contribution >= 4 is 28.9 Å². The van der Waals surface area contributed by atoms with Crippen LogP contribution in [0.4, 0.5) is 0 Å². The first kappa shape index (κ1) is 13.1. The topological polar surface area (TPSA) is 39.2 Å². The summed E-state index contributed by atoms with van der Waals surface area (Å²) in [6.45, 7) is 4.04. The van der Waals surface area contributed by atoms with Gasteiger partial charge < -0.3 is 4.74 Å². The quantitative estimate of drug-likeness (QED) is 0.785. The average molecular weight is 282 g/mol. The van der Waals surface area contributed by atoms with E-state index in [0.717, 1.165) is 16.1 Å². The van der Waals surface area contributed by atoms with E-state index in [9.17, 15) is 4.79 Å². The van der Waals surface area contributed by atoms with E-state index in [0.29, 0.717) is 4.88 Å². The highest BCUT2D eigenvalue weighted by molar-refractivity contribution is 7.17. The van der Waals surface area contributed by atoms with Gasteiger partial charge in [0.2, 0.25) is 0 Å². The standard InChI is InChI=1S/C13H12ClNO2S/c1-7-4-5-9(8(2)6-7)12-15-11(14)10(18-12)13(16)17-3/h4-6H,1-3H3. The number of halogens is 1. The minimum Gasteiger partial charge on any atom is -0.465 e. The number of benzene rings is 1. The molecule has 0 spiro atoms. The summed E-state index contributed by atoms with van der Waals surface area (Å²) in [6, 6.07) is 6.07. The Hall–Kier alpha value is -1.39. The van der Waals surface area contributed by atoms with Gasteiger partial charge in [0, 0.05) is 5.56 Å². The minimum absolute atomic E-state index is 0.196. The van der Waals surface area contributed by atoms with Crippen LogP contribution in [0.25, 0.3) is 10.6 Å². The van der Waals surface area contributed by atoms with Gasteiger partial charge in [-0.2, -0.15) is 0 Å². The molecule has 0 amide bonds. The fourth-order valence-electron chi connectivity index (χ4n) is 1.69. The average Bonchev–Trinajstić information content (AvgIpc) is 2.70. The number of esters is 1. The lowest BCUT2D eigenvalue weighted by Crippen LogP contribution is -1.98. The molecule has 18 heavy (non-hydrogen) atoms. The molecular formula is C13H12ClNO2S. The van der Waals surface area contributed by atoms with Gasteiger partial charge in [-0.3, -0.25) is 0 Å². The minimum atomic E-state index is -0.450. The molecule has 0 bridgehead atoms. The highest BCUT2D eigenvalue weighted by Gasteiger charge is 2.18. The van der Waals surface area contributed by atoms with Crippen LogP contribution in [0.2, 0.25) is 5.15 Å². The highest BCUT2D eigenvalue weighted by atomic mass is 35.5. The first-order valence-electron chi connectivity index (χ1n) is 5.35. The smallest absolute Gasteiger partial charge is 0.351 e. The van der Waals surface area contributed by atoms with Gasteiger partial charge >= 0.3 is 5.97 Å². The van der Waals surface area contributed by atoms with Crippen LogP contribution < -0.4 is 0 Å². The Bertz CT molecular complexity index is 607. The molecule has 94 valence electrons. The first-order valence-corrected chi connectivity index (χ1v) is 6.54. The maximum Gasteiger partial charge on any atom is 0.351 e. The Morgan fingerprint density at radius 1 is 1.39 bits per heavy atom. The molecule has 1 aromatic carbocycles. The molecule has 0 fully saturated rings. The van der Waals surface area contributed by atoms with Crippen molar-refractivity contribution in [2.75, 3.05) is 7.11 Å². The summed E-state index contributed by atoms with van der Waals surface area (Å²) in [5.41, 5.74) is 3.28. The zero-order valence-corrected chi connectivity index (χ0v) is 11.9. The number of methoxy groups -OCH3 is 1. The van der Waals surface area contributed by atoms with Crippen molar-refractivity contribution in [3.63, 3.8) is 0 Å². The Morgan fingerprint density at radius 3 is 2.72 bits per heavy atom. The Balaban J connectivity index is 2.49. The second kappa shape index (κ2) is 5.08. The number of aromatic nitrogens is 1. The fourth-order valence-corrected chi connectivity index (χ4v) is 2.98. The van der Waals surface area contributed by atoms with Gasteiger partial charge in [0.05, 0.1) is 7.11 Å². The summed E-state index contributed by atoms with van der Waals surface area (Å²) in [6.07, 6.45) is 0. The SMILES string of the molecule is COC(=O)c1sc(-c2ccc(C)cc2C)nc1Cl. The predicted octanol–water partition coefficient (Wildman–Crippen LogP) is 3.87. The number of rotatable bonds is 2. The normalized spacial score (nSPS) is 10.4. The van der Waals surface area contributed by atoms with Crippen molar-refractivity contribution in [2.24, 2.45) is 0 Å². The van der Waals surface area contributed by atoms with Crippen LogP contribution >= 0.6 is 22.9 Å². The van der Waals surface area contributed by atoms with Crippen molar-refractivity contribution in [1.82, 2.24) is 4.98 Å². The lowest BCUT2D eigenvalue weighted by atomic mass is 10.1. The van der Waals surface area contributed by atoms with Crippen molar-refractivity contribution in [1.29, 1.82) is 0 Å². The molecule has 0 unspecified atom stereocenters. The van der Waals surface area contributed by atoms with Crippen LogP contribution in [0.15, 0.2) is 18.2 Å². The van der Waals surface area contributed by atoms with Crippen LogP contribution in [0.1, 0.15) is 20.8 Å². The number of nitrogens with zero attached hydrogens (tertiary/aromatic N) is 1. The molecule has 0 radical (unpaired) electrons. The third kappa shape index (κ3) is 2.40. The van der Waals surface area contributed by atoms with Gasteiger partial charge in [-0.25, -0.2) is 9.78 Å². The molecule has 1 heterocycles. The van der Waals surface area contributed by atoms with Gasteiger partial charge in [0.1, 0.15) is 5.01 Å².